The van der Waals surface area contributed by atoms with Crippen LogP contribution in [-0.4, -0.2) is 23.5 Å². The van der Waals surface area contributed by atoms with Gasteiger partial charge in [0.1, 0.15) is 4.90 Å². The number of aryl methyl sites for hydroxylation is 1. The summed E-state index contributed by atoms with van der Waals surface area (Å²) in [6.45, 7) is 1.58. The summed E-state index contributed by atoms with van der Waals surface area (Å²) in [4.78, 5) is 9.96. The van der Waals surface area contributed by atoms with Crippen LogP contribution in [0, 0.1) is 17.0 Å². The number of nitro benzene ring substituents is 1. The number of benzene rings is 1. The van der Waals surface area contributed by atoms with Crippen LogP contribution in [0.25, 0.3) is 0 Å². The van der Waals surface area contributed by atoms with Crippen LogP contribution in [0.4, 0.5) is 11.4 Å². The lowest BCUT2D eigenvalue weighted by Crippen LogP contribution is -2.13. The first-order chi connectivity index (χ1) is 8.90. The third-order valence-electron chi connectivity index (χ3n) is 2.40. The van der Waals surface area contributed by atoms with Crippen LogP contribution >= 0.6 is 0 Å². The van der Waals surface area contributed by atoms with Gasteiger partial charge in [0.05, 0.1) is 16.8 Å². The van der Waals surface area contributed by atoms with E-state index in [4.69, 9.17) is 0 Å². The van der Waals surface area contributed by atoms with Gasteiger partial charge in [-0.25, -0.2) is 8.42 Å². The third-order valence-corrected chi connectivity index (χ3v) is 3.90. The molecule has 0 saturated carbocycles. The number of H-pyrrole nitrogens is 1. The fourth-order valence-corrected chi connectivity index (χ4v) is 2.67. The molecule has 0 aliphatic heterocycles. The molecule has 0 bridgehead atoms. The van der Waals surface area contributed by atoms with Crippen molar-refractivity contribution in [3.8, 4) is 0 Å². The highest BCUT2D eigenvalue weighted by Gasteiger charge is 2.18. The highest BCUT2D eigenvalue weighted by atomic mass is 32.2. The lowest BCUT2D eigenvalue weighted by molar-refractivity contribution is -0.384. The van der Waals surface area contributed by atoms with E-state index in [0.29, 0.717) is 5.69 Å². The van der Waals surface area contributed by atoms with Crippen molar-refractivity contribution >= 4 is 21.4 Å². The van der Waals surface area contributed by atoms with Crippen molar-refractivity contribution in [2.75, 3.05) is 4.72 Å². The second-order valence-electron chi connectivity index (χ2n) is 3.77. The number of anilines is 1. The molecule has 0 saturated heterocycles. The molecule has 0 fully saturated rings. The van der Waals surface area contributed by atoms with Crippen molar-refractivity contribution in [1.82, 2.24) is 10.2 Å². The van der Waals surface area contributed by atoms with Crippen LogP contribution in [0.3, 0.4) is 0 Å². The molecule has 0 spiro atoms. The fourth-order valence-electron chi connectivity index (χ4n) is 1.47. The van der Waals surface area contributed by atoms with E-state index in [2.05, 4.69) is 14.9 Å². The fraction of sp³-hybridized carbons (Fsp3) is 0.100. The van der Waals surface area contributed by atoms with Gasteiger partial charge in [0, 0.05) is 17.8 Å². The number of nitrogens with zero attached hydrogens (tertiary/aromatic N) is 2. The molecule has 19 heavy (non-hydrogen) atoms. The predicted octanol–water partition coefficient (Wildman–Crippen LogP) is 1.43. The zero-order valence-electron chi connectivity index (χ0n) is 9.82. The van der Waals surface area contributed by atoms with Gasteiger partial charge >= 0.3 is 0 Å². The van der Waals surface area contributed by atoms with Gasteiger partial charge in [0.15, 0.2) is 0 Å². The number of aromatic nitrogens is 2. The molecular weight excluding hydrogens is 272 g/mol. The van der Waals surface area contributed by atoms with E-state index in [-0.39, 0.29) is 16.3 Å². The Morgan fingerprint density at radius 2 is 1.95 bits per heavy atom. The monoisotopic (exact) mass is 282 g/mol. The zero-order valence-corrected chi connectivity index (χ0v) is 10.6. The summed E-state index contributed by atoms with van der Waals surface area (Å²) in [5, 5.41) is 16.6. The van der Waals surface area contributed by atoms with Crippen molar-refractivity contribution in [3.63, 3.8) is 0 Å². The zero-order chi connectivity index (χ0) is 14.0. The average Bonchev–Trinajstić information content (AvgIpc) is 2.76. The highest BCUT2D eigenvalue weighted by molar-refractivity contribution is 7.92. The summed E-state index contributed by atoms with van der Waals surface area (Å²) in [5.74, 6) is 0. The third kappa shape index (κ3) is 2.71. The van der Waals surface area contributed by atoms with Crippen molar-refractivity contribution in [1.29, 1.82) is 0 Å². The number of hydrogen-bond donors (Lipinski definition) is 2. The number of sulfonamides is 1. The standard InChI is InChI=1S/C10H10N4O4S/c1-7-10(6-11-12-7)19(17,18)13-8-2-4-9(5-3-8)14(15)16/h2-6,13H,1H3,(H,11,12). The largest absolute Gasteiger partial charge is 0.281 e. The van der Waals surface area contributed by atoms with Crippen LogP contribution in [0.5, 0.6) is 0 Å². The van der Waals surface area contributed by atoms with Crippen LogP contribution in [0.15, 0.2) is 35.4 Å². The molecule has 0 aliphatic carbocycles. The smallest absolute Gasteiger partial charge is 0.269 e. The topological polar surface area (TPSA) is 118 Å². The maximum atomic E-state index is 12.0. The van der Waals surface area contributed by atoms with Crippen molar-refractivity contribution in [2.24, 2.45) is 0 Å². The van der Waals surface area contributed by atoms with E-state index in [0.717, 1.165) is 0 Å². The van der Waals surface area contributed by atoms with Crippen LogP contribution in [-0.2, 0) is 10.0 Å². The number of non-ortho nitro benzene ring substituents is 1. The average molecular weight is 282 g/mol. The van der Waals surface area contributed by atoms with Crippen molar-refractivity contribution < 1.29 is 13.3 Å². The summed E-state index contributed by atoms with van der Waals surface area (Å²) in [7, 11) is -3.75. The Balaban J connectivity index is 2.26. The Morgan fingerprint density at radius 3 is 2.42 bits per heavy atom. The van der Waals surface area contributed by atoms with Gasteiger partial charge in [0.2, 0.25) is 0 Å². The normalized spacial score (nSPS) is 11.2. The molecule has 0 atom stereocenters. The van der Waals surface area contributed by atoms with Gasteiger partial charge in [-0.15, -0.1) is 0 Å². The summed E-state index contributed by atoms with van der Waals surface area (Å²) in [6.07, 6.45) is 1.20. The number of nitro groups is 1. The molecular formula is C10H10N4O4S. The molecule has 2 N–H and O–H groups in total. The van der Waals surface area contributed by atoms with Gasteiger partial charge in [-0.05, 0) is 19.1 Å². The first kappa shape index (κ1) is 13.0. The van der Waals surface area contributed by atoms with E-state index in [1.807, 2.05) is 0 Å². The SMILES string of the molecule is Cc1[nH]ncc1S(=O)(=O)Nc1ccc([N+](=O)[O-])cc1. The molecule has 1 heterocycles. The minimum atomic E-state index is -3.75. The van der Waals surface area contributed by atoms with Gasteiger partial charge in [-0.3, -0.25) is 19.9 Å². The lowest BCUT2D eigenvalue weighted by atomic mass is 10.3. The Bertz CT molecular complexity index is 705. The maximum Gasteiger partial charge on any atom is 0.269 e. The second-order valence-corrected chi connectivity index (χ2v) is 5.42. The molecule has 8 nitrogen and oxygen atoms in total. The Labute approximate surface area is 108 Å². The van der Waals surface area contributed by atoms with E-state index in [9.17, 15) is 18.5 Å². The molecule has 1 aromatic heterocycles. The maximum absolute atomic E-state index is 12.0. The first-order valence-electron chi connectivity index (χ1n) is 5.17. The molecule has 0 radical (unpaired) electrons. The van der Waals surface area contributed by atoms with Gasteiger partial charge in [-0.2, -0.15) is 5.10 Å². The molecule has 2 rings (SSSR count). The molecule has 1 aromatic carbocycles. The van der Waals surface area contributed by atoms with Crippen molar-refractivity contribution in [2.45, 2.75) is 11.8 Å². The van der Waals surface area contributed by atoms with Crippen LogP contribution in [0.1, 0.15) is 5.69 Å². The molecule has 0 aliphatic rings. The highest BCUT2D eigenvalue weighted by Crippen LogP contribution is 2.20. The van der Waals surface area contributed by atoms with E-state index >= 15 is 0 Å². The summed E-state index contributed by atoms with van der Waals surface area (Å²) in [5.41, 5.74) is 0.544. The minimum absolute atomic E-state index is 0.0332. The quantitative estimate of drug-likeness (QED) is 0.649. The Hall–Kier alpha value is -2.42. The molecule has 2 aromatic rings. The number of rotatable bonds is 4. The molecule has 100 valence electrons. The summed E-state index contributed by atoms with van der Waals surface area (Å²) in [6, 6.07) is 5.09. The summed E-state index contributed by atoms with van der Waals surface area (Å²) >= 11 is 0. The number of hydrogen-bond acceptors (Lipinski definition) is 5. The van der Waals surface area contributed by atoms with Crippen LogP contribution in [0.2, 0.25) is 0 Å². The second kappa shape index (κ2) is 4.69. The predicted molar refractivity (Wildman–Crippen MR) is 67.2 cm³/mol. The van der Waals surface area contributed by atoms with Gasteiger partial charge in [-0.1, -0.05) is 0 Å². The van der Waals surface area contributed by atoms with Gasteiger partial charge < -0.3 is 0 Å². The first-order valence-corrected chi connectivity index (χ1v) is 6.66. The lowest BCUT2D eigenvalue weighted by Gasteiger charge is -2.06. The number of nitrogens with one attached hydrogen (secondary N) is 2. The molecule has 9 heteroatoms. The summed E-state index contributed by atoms with van der Waals surface area (Å²) < 4.78 is 26.3. The molecule has 0 unspecified atom stereocenters. The van der Waals surface area contributed by atoms with Gasteiger partial charge in [0.25, 0.3) is 15.7 Å². The Kier molecular flexibility index (Phi) is 3.21. The van der Waals surface area contributed by atoms with E-state index < -0.39 is 14.9 Å². The van der Waals surface area contributed by atoms with E-state index in [1.165, 1.54) is 30.5 Å². The number of aromatic amines is 1. The molecule has 0 amide bonds. The van der Waals surface area contributed by atoms with E-state index in [1.54, 1.807) is 6.92 Å². The minimum Gasteiger partial charge on any atom is -0.281 e. The van der Waals surface area contributed by atoms with Crippen LogP contribution < -0.4 is 4.72 Å². The van der Waals surface area contributed by atoms with Crippen molar-refractivity contribution in [3.05, 3.63) is 46.3 Å². The Morgan fingerprint density at radius 1 is 1.32 bits per heavy atom.